The van der Waals surface area contributed by atoms with Gasteiger partial charge in [-0.15, -0.1) is 0 Å². The van der Waals surface area contributed by atoms with Crippen LogP contribution in [0.5, 0.6) is 0 Å². The van der Waals surface area contributed by atoms with Gasteiger partial charge in [-0.25, -0.2) is 9.78 Å². The second-order valence-corrected chi connectivity index (χ2v) is 6.23. The van der Waals surface area contributed by atoms with Gasteiger partial charge in [0.15, 0.2) is 0 Å². The minimum absolute atomic E-state index is 0.247. The number of aryl methyl sites for hydroxylation is 2. The fourth-order valence-corrected chi connectivity index (χ4v) is 2.89. The van der Waals surface area contributed by atoms with Crippen molar-refractivity contribution < 1.29 is 4.79 Å². The smallest absolute Gasteiger partial charge is 0.320 e. The fraction of sp³-hybridized carbons (Fsp3) is 0.389. The summed E-state index contributed by atoms with van der Waals surface area (Å²) in [5, 5.41) is 5.92. The van der Waals surface area contributed by atoms with Gasteiger partial charge in [-0.3, -0.25) is 4.98 Å². The Hall–Kier alpha value is -2.81. The first-order valence-electron chi connectivity index (χ1n) is 8.07. The Morgan fingerprint density at radius 1 is 1.38 bits per heavy atom. The molecule has 3 rings (SSSR count). The van der Waals surface area contributed by atoms with Gasteiger partial charge in [-0.1, -0.05) is 5.92 Å². The van der Waals surface area contributed by atoms with Gasteiger partial charge in [-0.05, 0) is 50.2 Å². The number of aromatic nitrogens is 3. The topological polar surface area (TPSA) is 71.8 Å². The van der Waals surface area contributed by atoms with E-state index in [-0.39, 0.29) is 6.03 Å². The highest BCUT2D eigenvalue weighted by Gasteiger charge is 2.33. The summed E-state index contributed by atoms with van der Waals surface area (Å²) < 4.78 is 1.86. The molecule has 0 atom stereocenters. The summed E-state index contributed by atoms with van der Waals surface area (Å²) in [7, 11) is 1.91. The average molecular weight is 323 g/mol. The molecule has 6 nitrogen and oxygen atoms in total. The van der Waals surface area contributed by atoms with Crippen LogP contribution >= 0.6 is 0 Å². The van der Waals surface area contributed by atoms with Crippen LogP contribution in [0.1, 0.15) is 36.9 Å². The number of nitrogens with one attached hydrogen (secondary N) is 2. The van der Waals surface area contributed by atoms with Gasteiger partial charge in [-0.2, -0.15) is 0 Å². The summed E-state index contributed by atoms with van der Waals surface area (Å²) in [6.45, 7) is 1.93. The molecule has 1 aliphatic carbocycles. The van der Waals surface area contributed by atoms with Gasteiger partial charge < -0.3 is 15.2 Å². The number of pyridine rings is 1. The first-order chi connectivity index (χ1) is 11.6. The molecule has 0 unspecified atom stereocenters. The van der Waals surface area contributed by atoms with Crippen LogP contribution in [-0.4, -0.2) is 26.1 Å². The minimum Gasteiger partial charge on any atom is -0.339 e. The standard InChI is InChI=1S/C18H21N5O/c1-14-6-10-19-11-16(14)21-17(24)22-18(7-3-4-8-18)9-5-15-12-23(2)13-20-15/h6,10-13H,3-4,7-8H2,1-2H3,(H2,21,22,24). The third-order valence-electron chi connectivity index (χ3n) is 4.23. The van der Waals surface area contributed by atoms with Gasteiger partial charge in [0.1, 0.15) is 11.2 Å². The zero-order valence-electron chi connectivity index (χ0n) is 14.0. The molecule has 2 N–H and O–H groups in total. The molecule has 0 aromatic carbocycles. The zero-order valence-corrected chi connectivity index (χ0v) is 14.0. The van der Waals surface area contributed by atoms with E-state index in [2.05, 4.69) is 32.4 Å². The lowest BCUT2D eigenvalue weighted by Crippen LogP contribution is -2.47. The van der Waals surface area contributed by atoms with E-state index in [4.69, 9.17) is 0 Å². The Labute approximate surface area is 141 Å². The first kappa shape index (κ1) is 16.1. The molecule has 124 valence electrons. The van der Waals surface area contributed by atoms with Crippen LogP contribution in [0.3, 0.4) is 0 Å². The second kappa shape index (κ2) is 6.75. The molecule has 6 heteroatoms. The number of hydrogen-bond acceptors (Lipinski definition) is 3. The summed E-state index contributed by atoms with van der Waals surface area (Å²) in [5.41, 5.74) is 1.91. The summed E-state index contributed by atoms with van der Waals surface area (Å²) in [6, 6.07) is 1.62. The predicted octanol–water partition coefficient (Wildman–Crippen LogP) is 2.61. The molecule has 2 heterocycles. The summed E-state index contributed by atoms with van der Waals surface area (Å²) in [4.78, 5) is 20.7. The molecule has 24 heavy (non-hydrogen) atoms. The largest absolute Gasteiger partial charge is 0.339 e. The van der Waals surface area contributed by atoms with Gasteiger partial charge in [0.25, 0.3) is 0 Å². The minimum atomic E-state index is -0.488. The van der Waals surface area contributed by atoms with E-state index < -0.39 is 5.54 Å². The van der Waals surface area contributed by atoms with Gasteiger partial charge in [0.2, 0.25) is 0 Å². The highest BCUT2D eigenvalue weighted by molar-refractivity contribution is 5.90. The quantitative estimate of drug-likeness (QED) is 0.835. The molecule has 1 fully saturated rings. The lowest BCUT2D eigenvalue weighted by molar-refractivity contribution is 0.244. The molecule has 1 aliphatic rings. The van der Waals surface area contributed by atoms with Crippen LogP contribution in [0.25, 0.3) is 0 Å². The predicted molar refractivity (Wildman–Crippen MR) is 92.4 cm³/mol. The third kappa shape index (κ3) is 3.74. The van der Waals surface area contributed by atoms with Crippen LogP contribution in [0.4, 0.5) is 10.5 Å². The lowest BCUT2D eigenvalue weighted by atomic mass is 9.98. The van der Waals surface area contributed by atoms with E-state index in [1.54, 1.807) is 18.7 Å². The number of rotatable bonds is 2. The molecule has 0 bridgehead atoms. The number of amides is 2. The molecule has 0 aliphatic heterocycles. The van der Waals surface area contributed by atoms with E-state index >= 15 is 0 Å². The van der Waals surface area contributed by atoms with E-state index in [0.717, 1.165) is 31.2 Å². The molecule has 2 aromatic rings. The molecule has 0 radical (unpaired) electrons. The van der Waals surface area contributed by atoms with Crippen molar-refractivity contribution in [2.24, 2.45) is 7.05 Å². The monoisotopic (exact) mass is 323 g/mol. The van der Waals surface area contributed by atoms with Crippen LogP contribution in [-0.2, 0) is 7.05 Å². The normalized spacial score (nSPS) is 15.4. The highest BCUT2D eigenvalue weighted by Crippen LogP contribution is 2.29. The Morgan fingerprint density at radius 3 is 2.83 bits per heavy atom. The number of urea groups is 1. The molecule has 0 saturated heterocycles. The summed E-state index contributed by atoms with van der Waals surface area (Å²) in [6.07, 6.45) is 10.8. The summed E-state index contributed by atoms with van der Waals surface area (Å²) in [5.74, 6) is 6.33. The Bertz CT molecular complexity index is 793. The zero-order chi connectivity index (χ0) is 17.0. The number of imidazole rings is 1. The number of nitrogens with zero attached hydrogens (tertiary/aromatic N) is 3. The average Bonchev–Trinajstić information content (AvgIpc) is 3.17. The third-order valence-corrected chi connectivity index (χ3v) is 4.23. The van der Waals surface area contributed by atoms with E-state index in [9.17, 15) is 4.79 Å². The fourth-order valence-electron chi connectivity index (χ4n) is 2.89. The maximum Gasteiger partial charge on any atom is 0.320 e. The van der Waals surface area contributed by atoms with Crippen LogP contribution in [0, 0.1) is 18.8 Å². The van der Waals surface area contributed by atoms with Crippen molar-refractivity contribution in [2.45, 2.75) is 38.1 Å². The number of carbonyl (C=O) groups excluding carboxylic acids is 1. The van der Waals surface area contributed by atoms with Crippen molar-refractivity contribution in [3.63, 3.8) is 0 Å². The van der Waals surface area contributed by atoms with Crippen LogP contribution in [0.15, 0.2) is 31.0 Å². The van der Waals surface area contributed by atoms with Crippen molar-refractivity contribution in [3.8, 4) is 11.8 Å². The highest BCUT2D eigenvalue weighted by atomic mass is 16.2. The molecule has 0 spiro atoms. The van der Waals surface area contributed by atoms with Crippen molar-refractivity contribution >= 4 is 11.7 Å². The number of carbonyl (C=O) groups is 1. The maximum atomic E-state index is 12.4. The van der Waals surface area contributed by atoms with Gasteiger partial charge in [0.05, 0.1) is 18.2 Å². The molecule has 2 aromatic heterocycles. The Balaban J connectivity index is 1.73. The van der Waals surface area contributed by atoms with Crippen molar-refractivity contribution in [2.75, 3.05) is 5.32 Å². The molecular formula is C18H21N5O. The Kier molecular flexibility index (Phi) is 4.52. The van der Waals surface area contributed by atoms with Gasteiger partial charge >= 0.3 is 6.03 Å². The van der Waals surface area contributed by atoms with Crippen molar-refractivity contribution in [1.82, 2.24) is 19.9 Å². The van der Waals surface area contributed by atoms with Crippen molar-refractivity contribution in [3.05, 3.63) is 42.2 Å². The van der Waals surface area contributed by atoms with Gasteiger partial charge in [0, 0.05) is 19.4 Å². The van der Waals surface area contributed by atoms with E-state index in [1.807, 2.05) is 30.8 Å². The van der Waals surface area contributed by atoms with E-state index in [1.165, 1.54) is 0 Å². The summed E-state index contributed by atoms with van der Waals surface area (Å²) >= 11 is 0. The number of hydrogen-bond donors (Lipinski definition) is 2. The Morgan fingerprint density at radius 2 is 2.17 bits per heavy atom. The van der Waals surface area contributed by atoms with E-state index in [0.29, 0.717) is 11.4 Å². The molecule has 1 saturated carbocycles. The lowest BCUT2D eigenvalue weighted by Gasteiger charge is -2.24. The molecular weight excluding hydrogens is 302 g/mol. The number of anilines is 1. The molecule has 2 amide bonds. The maximum absolute atomic E-state index is 12.4. The first-order valence-corrected chi connectivity index (χ1v) is 8.07. The van der Waals surface area contributed by atoms with Crippen LogP contribution < -0.4 is 10.6 Å². The second-order valence-electron chi connectivity index (χ2n) is 6.23. The SMILES string of the molecule is Cc1ccncc1NC(=O)NC1(C#Cc2cn(C)cn2)CCCC1. The van der Waals surface area contributed by atoms with Crippen LogP contribution in [0.2, 0.25) is 0 Å². The van der Waals surface area contributed by atoms with Crippen molar-refractivity contribution in [1.29, 1.82) is 0 Å².